The highest BCUT2D eigenvalue weighted by molar-refractivity contribution is 7.90. The number of β-amino-alcohol motifs (C(OH)–C–C–N with tert-alkyl or cyclic N) is 1. The number of aliphatic hydroxyl groups is 1. The van der Waals surface area contributed by atoms with Crippen LogP contribution in [0.4, 0.5) is 5.69 Å². The van der Waals surface area contributed by atoms with Crippen LogP contribution < -0.4 is 4.31 Å². The van der Waals surface area contributed by atoms with Gasteiger partial charge >= 0.3 is 16.2 Å². The van der Waals surface area contributed by atoms with Crippen LogP contribution in [0.15, 0.2) is 12.1 Å². The van der Waals surface area contributed by atoms with E-state index in [4.69, 9.17) is 39.5 Å². The van der Waals surface area contributed by atoms with Gasteiger partial charge in [0.25, 0.3) is 0 Å². The Bertz CT molecular complexity index is 720. The van der Waals surface area contributed by atoms with E-state index < -0.39 is 28.8 Å². The average Bonchev–Trinajstić information content (AvgIpc) is 2.43. The van der Waals surface area contributed by atoms with Crippen molar-refractivity contribution in [1.29, 1.82) is 0 Å². The first-order chi connectivity index (χ1) is 11.2. The first-order valence-corrected chi connectivity index (χ1v) is 9.46. The molecule has 134 valence electrons. The lowest BCUT2D eigenvalue weighted by Gasteiger charge is -2.38. The van der Waals surface area contributed by atoms with Crippen LogP contribution in [-0.2, 0) is 19.7 Å². The van der Waals surface area contributed by atoms with E-state index in [2.05, 4.69) is 0 Å². The summed E-state index contributed by atoms with van der Waals surface area (Å²) >= 11 is 18.0. The third kappa shape index (κ3) is 4.07. The summed E-state index contributed by atoms with van der Waals surface area (Å²) < 4.78 is 32.0. The molecule has 2 rings (SSSR count). The Balaban J connectivity index is 2.42. The zero-order chi connectivity index (χ0) is 18.1. The molecular formula is C13H15Cl3N2O5S. The standard InChI is InChI=1S/C13H15Cl3N2O5S/c1-2-23-12(20)7-17-5-9(19)6-18(24(17,21)22)13-10(15)3-8(14)4-11(13)16/h3-4,9,19H,2,5-7H2,1H3. The van der Waals surface area contributed by atoms with Crippen molar-refractivity contribution < 1.29 is 23.1 Å². The van der Waals surface area contributed by atoms with Gasteiger partial charge in [0.15, 0.2) is 0 Å². The Morgan fingerprint density at radius 3 is 2.42 bits per heavy atom. The van der Waals surface area contributed by atoms with Crippen molar-refractivity contribution in [3.8, 4) is 0 Å². The van der Waals surface area contributed by atoms with Crippen LogP contribution in [0.1, 0.15) is 6.92 Å². The van der Waals surface area contributed by atoms with Crippen LogP contribution in [-0.4, -0.2) is 56.1 Å². The van der Waals surface area contributed by atoms with Gasteiger partial charge in [-0.05, 0) is 19.1 Å². The van der Waals surface area contributed by atoms with Crippen molar-refractivity contribution in [3.63, 3.8) is 0 Å². The average molecular weight is 418 g/mol. The molecular weight excluding hydrogens is 403 g/mol. The van der Waals surface area contributed by atoms with Gasteiger partial charge in [-0.2, -0.15) is 12.7 Å². The van der Waals surface area contributed by atoms with Crippen molar-refractivity contribution in [2.24, 2.45) is 0 Å². The Labute approximate surface area is 154 Å². The fourth-order valence-electron chi connectivity index (χ4n) is 2.29. The molecule has 0 amide bonds. The molecule has 1 heterocycles. The first kappa shape index (κ1) is 19.6. The lowest BCUT2D eigenvalue weighted by Crippen LogP contribution is -2.57. The van der Waals surface area contributed by atoms with E-state index in [1.807, 2.05) is 0 Å². The number of rotatable bonds is 4. The molecule has 1 aromatic carbocycles. The van der Waals surface area contributed by atoms with E-state index in [1.54, 1.807) is 6.92 Å². The second-order valence-electron chi connectivity index (χ2n) is 5.01. The van der Waals surface area contributed by atoms with E-state index in [1.165, 1.54) is 12.1 Å². The monoisotopic (exact) mass is 416 g/mol. The highest BCUT2D eigenvalue weighted by atomic mass is 35.5. The summed E-state index contributed by atoms with van der Waals surface area (Å²) in [6.45, 7) is 0.723. The van der Waals surface area contributed by atoms with Crippen molar-refractivity contribution in [2.45, 2.75) is 13.0 Å². The Morgan fingerprint density at radius 2 is 1.88 bits per heavy atom. The second kappa shape index (κ2) is 7.63. The van der Waals surface area contributed by atoms with Crippen molar-refractivity contribution in [3.05, 3.63) is 27.2 Å². The largest absolute Gasteiger partial charge is 0.465 e. The molecule has 0 spiro atoms. The number of hydrogen-bond acceptors (Lipinski definition) is 5. The van der Waals surface area contributed by atoms with Gasteiger partial charge in [0.05, 0.1) is 35.0 Å². The number of hydrogen-bond donors (Lipinski definition) is 1. The molecule has 1 fully saturated rings. The van der Waals surface area contributed by atoms with Crippen molar-refractivity contribution in [2.75, 3.05) is 30.5 Å². The normalized spacial score (nSPS) is 20.9. The summed E-state index contributed by atoms with van der Waals surface area (Å²) in [6, 6.07) is 2.69. The first-order valence-electron chi connectivity index (χ1n) is 6.92. The molecule has 1 unspecified atom stereocenters. The molecule has 0 saturated carbocycles. The molecule has 1 aromatic rings. The minimum Gasteiger partial charge on any atom is -0.465 e. The fourth-order valence-corrected chi connectivity index (χ4v) is 5.11. The number of ether oxygens (including phenoxy) is 1. The van der Waals surface area contributed by atoms with Gasteiger partial charge in [-0.1, -0.05) is 34.8 Å². The second-order valence-corrected chi connectivity index (χ2v) is 8.11. The molecule has 7 nitrogen and oxygen atoms in total. The minimum absolute atomic E-state index is 0.00431. The number of benzene rings is 1. The Morgan fingerprint density at radius 1 is 1.29 bits per heavy atom. The predicted molar refractivity (Wildman–Crippen MR) is 92.0 cm³/mol. The van der Waals surface area contributed by atoms with Crippen molar-refractivity contribution in [1.82, 2.24) is 4.31 Å². The Kier molecular flexibility index (Phi) is 6.22. The molecule has 1 aliphatic rings. The number of nitrogens with zero attached hydrogens (tertiary/aromatic N) is 2. The number of aliphatic hydroxyl groups excluding tert-OH is 1. The molecule has 0 bridgehead atoms. The quantitative estimate of drug-likeness (QED) is 0.757. The zero-order valence-electron chi connectivity index (χ0n) is 12.6. The van der Waals surface area contributed by atoms with Crippen LogP contribution in [0.25, 0.3) is 0 Å². The SMILES string of the molecule is CCOC(=O)CN1CC(O)CN(c2c(Cl)cc(Cl)cc2Cl)S1(=O)=O. The third-order valence-corrected chi connectivity index (χ3v) is 5.85. The summed E-state index contributed by atoms with van der Waals surface area (Å²) in [5.41, 5.74) is -0.00431. The zero-order valence-corrected chi connectivity index (χ0v) is 15.7. The summed E-state index contributed by atoms with van der Waals surface area (Å²) in [5.74, 6) is -0.719. The smallest absolute Gasteiger partial charge is 0.321 e. The maximum atomic E-state index is 12.8. The molecule has 24 heavy (non-hydrogen) atoms. The van der Waals surface area contributed by atoms with Crippen LogP contribution in [0.2, 0.25) is 15.1 Å². The number of carbonyl (C=O) groups is 1. The van der Waals surface area contributed by atoms with Crippen LogP contribution in [0, 0.1) is 0 Å². The number of esters is 1. The lowest BCUT2D eigenvalue weighted by molar-refractivity contribution is -0.143. The predicted octanol–water partition coefficient (Wildman–Crippen LogP) is 1.94. The van der Waals surface area contributed by atoms with Gasteiger partial charge in [-0.15, -0.1) is 0 Å². The molecule has 0 radical (unpaired) electrons. The molecule has 1 saturated heterocycles. The van der Waals surface area contributed by atoms with E-state index in [9.17, 15) is 18.3 Å². The highest BCUT2D eigenvalue weighted by Gasteiger charge is 2.40. The number of anilines is 1. The van der Waals surface area contributed by atoms with Gasteiger partial charge in [-0.25, -0.2) is 0 Å². The molecule has 1 aliphatic heterocycles. The van der Waals surface area contributed by atoms with E-state index in [0.29, 0.717) is 0 Å². The van der Waals surface area contributed by atoms with E-state index >= 15 is 0 Å². The van der Waals surface area contributed by atoms with Crippen molar-refractivity contribution >= 4 is 56.7 Å². The van der Waals surface area contributed by atoms with Gasteiger partial charge in [0.1, 0.15) is 6.54 Å². The maximum Gasteiger partial charge on any atom is 0.321 e. The fraction of sp³-hybridized carbons (Fsp3) is 0.462. The maximum absolute atomic E-state index is 12.8. The van der Waals surface area contributed by atoms with Gasteiger partial charge in [-0.3, -0.25) is 9.10 Å². The topological polar surface area (TPSA) is 87.2 Å². The minimum atomic E-state index is -4.13. The lowest BCUT2D eigenvalue weighted by atomic mass is 10.3. The van der Waals surface area contributed by atoms with Gasteiger partial charge in [0, 0.05) is 11.6 Å². The highest BCUT2D eigenvalue weighted by Crippen LogP contribution is 2.39. The third-order valence-electron chi connectivity index (χ3n) is 3.24. The van der Waals surface area contributed by atoms with Gasteiger partial charge < -0.3 is 9.84 Å². The van der Waals surface area contributed by atoms with E-state index in [0.717, 1.165) is 8.61 Å². The summed E-state index contributed by atoms with van der Waals surface area (Å²) in [7, 11) is -4.13. The molecule has 0 aromatic heterocycles. The van der Waals surface area contributed by atoms with Gasteiger partial charge in [0.2, 0.25) is 0 Å². The molecule has 1 N–H and O–H groups in total. The van der Waals surface area contributed by atoms with Crippen LogP contribution in [0.5, 0.6) is 0 Å². The summed E-state index contributed by atoms with van der Waals surface area (Å²) in [5, 5.41) is 10.3. The summed E-state index contributed by atoms with van der Waals surface area (Å²) in [4.78, 5) is 11.6. The molecule has 0 aliphatic carbocycles. The van der Waals surface area contributed by atoms with Crippen LogP contribution in [0.3, 0.4) is 0 Å². The molecule has 1 atom stereocenters. The number of carbonyl (C=O) groups excluding carboxylic acids is 1. The molecule has 11 heteroatoms. The summed E-state index contributed by atoms with van der Waals surface area (Å²) in [6.07, 6.45) is -1.04. The number of halogens is 3. The van der Waals surface area contributed by atoms with E-state index in [-0.39, 0.29) is 40.5 Å². The van der Waals surface area contributed by atoms with Crippen LogP contribution >= 0.6 is 34.8 Å². The Hall–Kier alpha value is -0.770.